The van der Waals surface area contributed by atoms with Crippen molar-refractivity contribution >= 4 is 27.7 Å². The molecular formula is C23H32N2O4S2. The van der Waals surface area contributed by atoms with Crippen LogP contribution in [0.25, 0.3) is 0 Å². The Kier molecular flexibility index (Phi) is 10.0. The predicted molar refractivity (Wildman–Crippen MR) is 127 cm³/mol. The van der Waals surface area contributed by atoms with E-state index in [1.54, 1.807) is 36.0 Å². The maximum Gasteiger partial charge on any atom is 0.241 e. The van der Waals surface area contributed by atoms with Crippen molar-refractivity contribution < 1.29 is 17.9 Å². The largest absolute Gasteiger partial charge is 0.374 e. The van der Waals surface area contributed by atoms with E-state index < -0.39 is 16.1 Å². The normalized spacial score (nSPS) is 12.7. The highest BCUT2D eigenvalue weighted by Crippen LogP contribution is 2.14. The Balaban J connectivity index is 2.09. The molecule has 2 rings (SSSR count). The molecule has 0 aliphatic carbocycles. The second kappa shape index (κ2) is 12.2. The first-order chi connectivity index (χ1) is 14.7. The summed E-state index contributed by atoms with van der Waals surface area (Å²) in [7, 11) is -3.80. The Morgan fingerprint density at radius 2 is 1.71 bits per heavy atom. The van der Waals surface area contributed by atoms with Crippen LogP contribution in [0.4, 0.5) is 0 Å². The molecule has 0 saturated heterocycles. The van der Waals surface area contributed by atoms with Gasteiger partial charge in [0.25, 0.3) is 0 Å². The number of thioether (sulfide) groups is 1. The highest BCUT2D eigenvalue weighted by molar-refractivity contribution is 7.98. The lowest BCUT2D eigenvalue weighted by atomic mass is 10.1. The van der Waals surface area contributed by atoms with Gasteiger partial charge in [-0.05, 0) is 62.5 Å². The van der Waals surface area contributed by atoms with Gasteiger partial charge in [-0.15, -0.1) is 0 Å². The molecule has 0 aromatic heterocycles. The minimum absolute atomic E-state index is 0.106. The molecule has 0 heterocycles. The first-order valence-electron chi connectivity index (χ1n) is 10.3. The summed E-state index contributed by atoms with van der Waals surface area (Å²) >= 11 is 1.57. The average Bonchev–Trinajstić information content (AvgIpc) is 2.74. The number of carbonyl (C=O) groups excluding carboxylic acids is 1. The zero-order chi connectivity index (χ0) is 22.9. The highest BCUT2D eigenvalue weighted by atomic mass is 32.2. The molecule has 1 unspecified atom stereocenters. The summed E-state index contributed by atoms with van der Waals surface area (Å²) in [5, 5.41) is 2.89. The molecule has 170 valence electrons. The van der Waals surface area contributed by atoms with Crippen molar-refractivity contribution in [2.45, 2.75) is 57.4 Å². The first kappa shape index (κ1) is 25.4. The number of ether oxygens (including phenoxy) is 1. The summed E-state index contributed by atoms with van der Waals surface area (Å²) in [5.41, 5.74) is 2.91. The molecule has 0 saturated carbocycles. The van der Waals surface area contributed by atoms with Crippen LogP contribution < -0.4 is 10.0 Å². The maximum atomic E-state index is 12.9. The van der Waals surface area contributed by atoms with E-state index in [1.165, 1.54) is 0 Å². The third-order valence-corrected chi connectivity index (χ3v) is 6.83. The van der Waals surface area contributed by atoms with Crippen molar-refractivity contribution in [1.82, 2.24) is 10.0 Å². The number of benzene rings is 2. The smallest absolute Gasteiger partial charge is 0.241 e. The Bertz CT molecular complexity index is 944. The number of rotatable bonds is 12. The van der Waals surface area contributed by atoms with Crippen molar-refractivity contribution in [2.24, 2.45) is 0 Å². The topological polar surface area (TPSA) is 84.5 Å². The zero-order valence-corrected chi connectivity index (χ0v) is 20.2. The van der Waals surface area contributed by atoms with E-state index in [2.05, 4.69) is 10.0 Å². The molecule has 0 aliphatic rings. The lowest BCUT2D eigenvalue weighted by molar-refractivity contribution is -0.122. The summed E-state index contributed by atoms with van der Waals surface area (Å²) < 4.78 is 33.8. The summed E-state index contributed by atoms with van der Waals surface area (Å²) in [6.07, 6.45) is 2.43. The van der Waals surface area contributed by atoms with Crippen LogP contribution in [0, 0.1) is 6.92 Å². The lowest BCUT2D eigenvalue weighted by Crippen LogP contribution is -2.46. The molecule has 0 radical (unpaired) electrons. The summed E-state index contributed by atoms with van der Waals surface area (Å²) in [6, 6.07) is 13.5. The first-order valence-corrected chi connectivity index (χ1v) is 13.1. The molecular weight excluding hydrogens is 432 g/mol. The van der Waals surface area contributed by atoms with Gasteiger partial charge >= 0.3 is 0 Å². The van der Waals surface area contributed by atoms with Crippen LogP contribution in [0.2, 0.25) is 0 Å². The van der Waals surface area contributed by atoms with Gasteiger partial charge in [0.2, 0.25) is 15.9 Å². The molecule has 8 heteroatoms. The van der Waals surface area contributed by atoms with Gasteiger partial charge in [0.1, 0.15) is 6.04 Å². The van der Waals surface area contributed by atoms with Crippen molar-refractivity contribution in [3.63, 3.8) is 0 Å². The van der Waals surface area contributed by atoms with Gasteiger partial charge in [-0.1, -0.05) is 42.0 Å². The number of hydrogen-bond acceptors (Lipinski definition) is 5. The average molecular weight is 465 g/mol. The second-order valence-corrected chi connectivity index (χ2v) is 10.3. The van der Waals surface area contributed by atoms with Crippen molar-refractivity contribution in [1.29, 1.82) is 0 Å². The van der Waals surface area contributed by atoms with E-state index in [1.807, 2.05) is 51.3 Å². The third kappa shape index (κ3) is 8.29. The third-order valence-electron chi connectivity index (χ3n) is 4.70. The molecule has 2 aromatic carbocycles. The van der Waals surface area contributed by atoms with Crippen LogP contribution in [0.1, 0.15) is 37.0 Å². The maximum absolute atomic E-state index is 12.9. The van der Waals surface area contributed by atoms with Gasteiger partial charge in [-0.25, -0.2) is 8.42 Å². The van der Waals surface area contributed by atoms with Gasteiger partial charge in [0, 0.05) is 6.54 Å². The molecule has 0 fully saturated rings. The van der Waals surface area contributed by atoms with Gasteiger partial charge < -0.3 is 10.1 Å². The van der Waals surface area contributed by atoms with Crippen LogP contribution in [0.15, 0.2) is 53.4 Å². The van der Waals surface area contributed by atoms with Crippen LogP contribution in [0.5, 0.6) is 0 Å². The van der Waals surface area contributed by atoms with Crippen molar-refractivity contribution in [2.75, 3.05) is 12.0 Å². The fourth-order valence-electron chi connectivity index (χ4n) is 2.88. The molecule has 1 amide bonds. The molecule has 6 nitrogen and oxygen atoms in total. The fourth-order valence-corrected chi connectivity index (χ4v) is 4.59. The zero-order valence-electron chi connectivity index (χ0n) is 18.6. The van der Waals surface area contributed by atoms with Gasteiger partial charge in [-0.2, -0.15) is 16.5 Å². The molecule has 1 atom stereocenters. The van der Waals surface area contributed by atoms with E-state index in [0.717, 1.165) is 16.7 Å². The summed E-state index contributed by atoms with van der Waals surface area (Å²) in [5.74, 6) is 0.317. The number of amides is 1. The number of hydrogen-bond donors (Lipinski definition) is 2. The quantitative estimate of drug-likeness (QED) is 0.501. The SMILES string of the molecule is CSCCC(NS(=O)(=O)c1ccc(C)cc1)C(=O)NCc1ccccc1COC(C)C. The number of nitrogens with one attached hydrogen (secondary N) is 2. The molecule has 2 aromatic rings. The van der Waals surface area contributed by atoms with Gasteiger partial charge in [-0.3, -0.25) is 4.79 Å². The van der Waals surface area contributed by atoms with Gasteiger partial charge in [0.15, 0.2) is 0 Å². The molecule has 0 spiro atoms. The Labute approximate surface area is 190 Å². The molecule has 31 heavy (non-hydrogen) atoms. The minimum Gasteiger partial charge on any atom is -0.374 e. The molecule has 2 N–H and O–H groups in total. The van der Waals surface area contributed by atoms with E-state index in [0.29, 0.717) is 25.3 Å². The lowest BCUT2D eigenvalue weighted by Gasteiger charge is -2.19. The predicted octanol–water partition coefficient (Wildman–Crippen LogP) is 3.64. The van der Waals surface area contributed by atoms with Crippen LogP contribution in [-0.2, 0) is 32.7 Å². The monoisotopic (exact) mass is 464 g/mol. The Morgan fingerprint density at radius 3 is 2.32 bits per heavy atom. The van der Waals surface area contributed by atoms with E-state index in [4.69, 9.17) is 4.74 Å². The van der Waals surface area contributed by atoms with Crippen molar-refractivity contribution in [3.8, 4) is 0 Å². The highest BCUT2D eigenvalue weighted by Gasteiger charge is 2.25. The number of aryl methyl sites for hydroxylation is 1. The standard InChI is InChI=1S/C23H32N2O4S2/c1-17(2)29-16-20-8-6-5-7-19(20)15-24-23(26)22(13-14-30-4)25-31(27,28)21-11-9-18(3)10-12-21/h5-12,17,22,25H,13-16H2,1-4H3,(H,24,26). The minimum atomic E-state index is -3.80. The Morgan fingerprint density at radius 1 is 1.06 bits per heavy atom. The summed E-state index contributed by atoms with van der Waals surface area (Å²) in [4.78, 5) is 13.0. The number of carbonyl (C=O) groups is 1. The summed E-state index contributed by atoms with van der Waals surface area (Å²) in [6.45, 7) is 6.60. The van der Waals surface area contributed by atoms with E-state index >= 15 is 0 Å². The van der Waals surface area contributed by atoms with Crippen LogP contribution in [0.3, 0.4) is 0 Å². The second-order valence-electron chi connectivity index (χ2n) is 7.61. The van der Waals surface area contributed by atoms with Crippen molar-refractivity contribution in [3.05, 3.63) is 65.2 Å². The fraction of sp³-hybridized carbons (Fsp3) is 0.435. The molecule has 0 aliphatic heterocycles. The van der Waals surface area contributed by atoms with Gasteiger partial charge in [0.05, 0.1) is 17.6 Å². The van der Waals surface area contributed by atoms with E-state index in [-0.39, 0.29) is 16.9 Å². The Hall–Kier alpha value is -1.87. The van der Waals surface area contributed by atoms with Crippen LogP contribution >= 0.6 is 11.8 Å². The van der Waals surface area contributed by atoms with E-state index in [9.17, 15) is 13.2 Å². The molecule has 0 bridgehead atoms. The van der Waals surface area contributed by atoms with Crippen LogP contribution in [-0.4, -0.2) is 38.5 Å². The number of sulfonamides is 1.